The van der Waals surface area contributed by atoms with Gasteiger partial charge in [0.05, 0.1) is 25.5 Å². The number of benzene rings is 2. The Hall–Kier alpha value is -3.00. The van der Waals surface area contributed by atoms with E-state index in [1.807, 2.05) is 60.1 Å². The SMILES string of the molecule is COc1cccc(CNC(=O)CSc2nnc(-c3ccccc3OC)n2C)c1. The van der Waals surface area contributed by atoms with Crippen LogP contribution >= 0.6 is 11.8 Å². The molecule has 8 heteroatoms. The Morgan fingerprint density at radius 1 is 1.11 bits per heavy atom. The van der Waals surface area contributed by atoms with Crippen LogP contribution in [0, 0.1) is 0 Å². The van der Waals surface area contributed by atoms with Crippen molar-refractivity contribution in [1.29, 1.82) is 0 Å². The Balaban J connectivity index is 1.59. The summed E-state index contributed by atoms with van der Waals surface area (Å²) < 4.78 is 12.4. The molecule has 0 saturated carbocycles. The molecule has 0 atom stereocenters. The maximum absolute atomic E-state index is 12.2. The monoisotopic (exact) mass is 398 g/mol. The molecule has 0 fully saturated rings. The minimum absolute atomic E-state index is 0.0744. The fourth-order valence-electron chi connectivity index (χ4n) is 2.67. The Bertz CT molecular complexity index is 958. The first-order valence-electron chi connectivity index (χ1n) is 8.67. The molecule has 146 valence electrons. The van der Waals surface area contributed by atoms with Crippen molar-refractivity contribution in [2.75, 3.05) is 20.0 Å². The smallest absolute Gasteiger partial charge is 0.230 e. The van der Waals surface area contributed by atoms with E-state index in [9.17, 15) is 4.79 Å². The Morgan fingerprint density at radius 3 is 2.71 bits per heavy atom. The third kappa shape index (κ3) is 4.64. The van der Waals surface area contributed by atoms with Crippen LogP contribution in [0.5, 0.6) is 11.5 Å². The van der Waals surface area contributed by atoms with Crippen molar-refractivity contribution >= 4 is 17.7 Å². The van der Waals surface area contributed by atoms with Crippen LogP contribution in [0.2, 0.25) is 0 Å². The number of aromatic nitrogens is 3. The number of rotatable bonds is 8. The van der Waals surface area contributed by atoms with E-state index in [2.05, 4.69) is 15.5 Å². The zero-order valence-corrected chi connectivity index (χ0v) is 16.8. The van der Waals surface area contributed by atoms with Crippen molar-refractivity contribution in [3.05, 3.63) is 54.1 Å². The molecule has 1 N–H and O–H groups in total. The zero-order valence-electron chi connectivity index (χ0n) is 16.0. The van der Waals surface area contributed by atoms with Crippen molar-refractivity contribution in [1.82, 2.24) is 20.1 Å². The molecule has 1 heterocycles. The molecule has 0 aliphatic carbocycles. The molecule has 0 saturated heterocycles. The second kappa shape index (κ2) is 9.27. The molecule has 0 radical (unpaired) electrons. The number of hydrogen-bond donors (Lipinski definition) is 1. The average molecular weight is 398 g/mol. The number of carbonyl (C=O) groups excluding carboxylic acids is 1. The predicted octanol–water partition coefficient (Wildman–Crippen LogP) is 2.91. The minimum Gasteiger partial charge on any atom is -0.497 e. The van der Waals surface area contributed by atoms with Gasteiger partial charge in [0, 0.05) is 13.6 Å². The van der Waals surface area contributed by atoms with Crippen molar-refractivity contribution in [3.8, 4) is 22.9 Å². The van der Waals surface area contributed by atoms with Gasteiger partial charge >= 0.3 is 0 Å². The van der Waals surface area contributed by atoms with Crippen LogP contribution in [0.4, 0.5) is 0 Å². The maximum atomic E-state index is 12.2. The van der Waals surface area contributed by atoms with Crippen LogP contribution < -0.4 is 14.8 Å². The van der Waals surface area contributed by atoms with Gasteiger partial charge < -0.3 is 19.4 Å². The van der Waals surface area contributed by atoms with Crippen LogP contribution in [0.15, 0.2) is 53.7 Å². The van der Waals surface area contributed by atoms with Crippen molar-refractivity contribution < 1.29 is 14.3 Å². The quantitative estimate of drug-likeness (QED) is 0.588. The molecule has 2 aromatic carbocycles. The van der Waals surface area contributed by atoms with Crippen molar-refractivity contribution in [2.24, 2.45) is 7.05 Å². The van der Waals surface area contributed by atoms with Crippen LogP contribution in [0.3, 0.4) is 0 Å². The first-order valence-corrected chi connectivity index (χ1v) is 9.66. The first kappa shape index (κ1) is 19.8. The summed E-state index contributed by atoms with van der Waals surface area (Å²) >= 11 is 1.34. The summed E-state index contributed by atoms with van der Waals surface area (Å²) in [5, 5.41) is 12.0. The molecule has 0 aliphatic rings. The second-order valence-electron chi connectivity index (χ2n) is 5.98. The highest BCUT2D eigenvalue weighted by molar-refractivity contribution is 7.99. The number of hydrogen-bond acceptors (Lipinski definition) is 6. The lowest BCUT2D eigenvalue weighted by molar-refractivity contribution is -0.118. The van der Waals surface area contributed by atoms with Gasteiger partial charge in [-0.2, -0.15) is 0 Å². The molecule has 1 aromatic heterocycles. The van der Waals surface area contributed by atoms with E-state index in [4.69, 9.17) is 9.47 Å². The lowest BCUT2D eigenvalue weighted by Gasteiger charge is -2.08. The lowest BCUT2D eigenvalue weighted by atomic mass is 10.2. The third-order valence-electron chi connectivity index (χ3n) is 4.14. The van der Waals surface area contributed by atoms with E-state index in [0.717, 1.165) is 22.6 Å². The number of methoxy groups -OCH3 is 2. The average Bonchev–Trinajstić information content (AvgIpc) is 3.11. The normalized spacial score (nSPS) is 10.5. The molecule has 1 amide bonds. The van der Waals surface area contributed by atoms with Gasteiger partial charge in [0.2, 0.25) is 5.91 Å². The number of carbonyl (C=O) groups is 1. The molecular formula is C20H22N4O3S. The Morgan fingerprint density at radius 2 is 1.93 bits per heavy atom. The maximum Gasteiger partial charge on any atom is 0.230 e. The molecule has 7 nitrogen and oxygen atoms in total. The van der Waals surface area contributed by atoms with Gasteiger partial charge in [-0.1, -0.05) is 36.0 Å². The fourth-order valence-corrected chi connectivity index (χ4v) is 3.41. The highest BCUT2D eigenvalue weighted by Crippen LogP contribution is 2.29. The van der Waals surface area contributed by atoms with Crippen LogP contribution in [-0.4, -0.2) is 40.6 Å². The topological polar surface area (TPSA) is 78.3 Å². The van der Waals surface area contributed by atoms with Crippen LogP contribution in [0.1, 0.15) is 5.56 Å². The third-order valence-corrected chi connectivity index (χ3v) is 5.16. The number of thioether (sulfide) groups is 1. The summed E-state index contributed by atoms with van der Waals surface area (Å²) in [6.45, 7) is 0.446. The van der Waals surface area contributed by atoms with Gasteiger partial charge in [-0.05, 0) is 29.8 Å². The van der Waals surface area contributed by atoms with Gasteiger partial charge in [-0.25, -0.2) is 0 Å². The van der Waals surface area contributed by atoms with Gasteiger partial charge in [0.25, 0.3) is 0 Å². The van der Waals surface area contributed by atoms with E-state index in [0.29, 0.717) is 17.5 Å². The zero-order chi connectivity index (χ0) is 19.9. The molecule has 0 bridgehead atoms. The predicted molar refractivity (Wildman–Crippen MR) is 109 cm³/mol. The largest absolute Gasteiger partial charge is 0.497 e. The number of amides is 1. The summed E-state index contributed by atoms with van der Waals surface area (Å²) in [4.78, 5) is 12.2. The van der Waals surface area contributed by atoms with E-state index >= 15 is 0 Å². The van der Waals surface area contributed by atoms with Crippen LogP contribution in [-0.2, 0) is 18.4 Å². The van der Waals surface area contributed by atoms with Crippen molar-refractivity contribution in [3.63, 3.8) is 0 Å². The summed E-state index contributed by atoms with van der Waals surface area (Å²) in [5.74, 6) is 2.36. The van der Waals surface area contributed by atoms with E-state index in [1.54, 1.807) is 14.2 Å². The van der Waals surface area contributed by atoms with Gasteiger partial charge in [-0.15, -0.1) is 10.2 Å². The second-order valence-corrected chi connectivity index (χ2v) is 6.92. The fraction of sp³-hybridized carbons (Fsp3) is 0.250. The summed E-state index contributed by atoms with van der Waals surface area (Å²) in [6.07, 6.45) is 0. The van der Waals surface area contributed by atoms with Crippen molar-refractivity contribution in [2.45, 2.75) is 11.7 Å². The lowest BCUT2D eigenvalue weighted by Crippen LogP contribution is -2.24. The molecular weight excluding hydrogens is 376 g/mol. The standard InChI is InChI=1S/C20H22N4O3S/c1-24-19(16-9-4-5-10-17(16)27-3)22-23-20(24)28-13-18(25)21-12-14-7-6-8-15(11-14)26-2/h4-11H,12-13H2,1-3H3,(H,21,25). The molecule has 0 spiro atoms. The minimum atomic E-state index is -0.0744. The summed E-state index contributed by atoms with van der Waals surface area (Å²) in [5.41, 5.74) is 1.84. The van der Waals surface area contributed by atoms with Gasteiger partial charge in [0.15, 0.2) is 11.0 Å². The molecule has 0 aliphatic heterocycles. The summed E-state index contributed by atoms with van der Waals surface area (Å²) in [7, 11) is 5.12. The number of nitrogens with one attached hydrogen (secondary N) is 1. The number of ether oxygens (including phenoxy) is 2. The molecule has 28 heavy (non-hydrogen) atoms. The summed E-state index contributed by atoms with van der Waals surface area (Å²) in [6, 6.07) is 15.2. The van der Waals surface area contributed by atoms with E-state index in [1.165, 1.54) is 11.8 Å². The molecule has 0 unspecified atom stereocenters. The highest BCUT2D eigenvalue weighted by Gasteiger charge is 2.15. The Labute approximate surface area is 168 Å². The van der Waals surface area contributed by atoms with E-state index < -0.39 is 0 Å². The first-order chi connectivity index (χ1) is 13.6. The van der Waals surface area contributed by atoms with E-state index in [-0.39, 0.29) is 11.7 Å². The molecule has 3 aromatic rings. The highest BCUT2D eigenvalue weighted by atomic mass is 32.2. The molecule has 3 rings (SSSR count). The van der Waals surface area contributed by atoms with Crippen LogP contribution in [0.25, 0.3) is 11.4 Å². The van der Waals surface area contributed by atoms with Gasteiger partial charge in [0.1, 0.15) is 11.5 Å². The number of para-hydroxylation sites is 1. The van der Waals surface area contributed by atoms with Gasteiger partial charge in [-0.3, -0.25) is 4.79 Å². The number of nitrogens with zero attached hydrogens (tertiary/aromatic N) is 3. The Kier molecular flexibility index (Phi) is 6.54.